The van der Waals surface area contributed by atoms with E-state index in [1.807, 2.05) is 12.4 Å². The molecule has 0 bridgehead atoms. The number of hydrogen-bond donors (Lipinski definition) is 1. The molecule has 1 N–H and O–H groups in total. The van der Waals surface area contributed by atoms with Gasteiger partial charge >= 0.3 is 0 Å². The third-order valence-corrected chi connectivity index (χ3v) is 5.77. The van der Waals surface area contributed by atoms with Gasteiger partial charge in [0.05, 0.1) is 12.2 Å². The number of pyridine rings is 1. The molecule has 4 aromatic rings. The van der Waals surface area contributed by atoms with E-state index in [0.29, 0.717) is 0 Å². The quantitative estimate of drug-likeness (QED) is 0.535. The summed E-state index contributed by atoms with van der Waals surface area (Å²) in [5.74, 6) is 0. The summed E-state index contributed by atoms with van der Waals surface area (Å²) in [5, 5.41) is 12.0. The maximum atomic E-state index is 5.00. The van der Waals surface area contributed by atoms with Gasteiger partial charge in [-0.15, -0.1) is 23.7 Å². The molecule has 0 aliphatic carbocycles. The lowest BCUT2D eigenvalue weighted by Gasteiger charge is -2.23. The molecule has 6 heteroatoms. The van der Waals surface area contributed by atoms with Crippen molar-refractivity contribution in [1.29, 1.82) is 0 Å². The molecule has 1 aliphatic rings. The first-order valence-electron chi connectivity index (χ1n) is 8.53. The van der Waals surface area contributed by atoms with Crippen molar-refractivity contribution in [3.8, 4) is 22.4 Å². The first-order chi connectivity index (χ1) is 12.3. The number of nitrogens with one attached hydrogen (secondary N) is 1. The second kappa shape index (κ2) is 6.83. The summed E-state index contributed by atoms with van der Waals surface area (Å²) in [6, 6.07) is 13.3. The number of fused-ring (bicyclic) bond motifs is 2. The molecule has 132 valence electrons. The number of aromatic nitrogens is 3. The predicted octanol–water partition coefficient (Wildman–Crippen LogP) is 4.91. The normalized spacial score (nSPS) is 16.3. The van der Waals surface area contributed by atoms with Crippen LogP contribution in [0.4, 0.5) is 0 Å². The predicted molar refractivity (Wildman–Crippen MR) is 110 cm³/mol. The van der Waals surface area contributed by atoms with Crippen LogP contribution in [0, 0.1) is 0 Å². The monoisotopic (exact) mass is 382 g/mol. The van der Waals surface area contributed by atoms with Crippen LogP contribution < -0.4 is 5.32 Å². The lowest BCUT2D eigenvalue weighted by Crippen LogP contribution is -2.32. The second-order valence-electron chi connectivity index (χ2n) is 6.42. The van der Waals surface area contributed by atoms with Crippen LogP contribution >= 0.6 is 23.7 Å². The fourth-order valence-electron chi connectivity index (χ4n) is 3.69. The fourth-order valence-corrected chi connectivity index (χ4v) is 4.46. The van der Waals surface area contributed by atoms with Gasteiger partial charge in [0.15, 0.2) is 0 Å². The van der Waals surface area contributed by atoms with Gasteiger partial charge in [0.2, 0.25) is 0 Å². The number of nitrogens with zero attached hydrogens (tertiary/aromatic N) is 3. The second-order valence-corrected chi connectivity index (χ2v) is 7.36. The molecule has 4 heterocycles. The van der Waals surface area contributed by atoms with E-state index in [9.17, 15) is 0 Å². The molecule has 1 unspecified atom stereocenters. The highest BCUT2D eigenvalue weighted by atomic mass is 35.5. The molecule has 0 spiro atoms. The third-order valence-electron chi connectivity index (χ3n) is 4.87. The first-order valence-corrected chi connectivity index (χ1v) is 9.41. The fraction of sp³-hybridized carbons (Fsp3) is 0.200. The lowest BCUT2D eigenvalue weighted by molar-refractivity contribution is 0.421. The smallest absolute Gasteiger partial charge is 0.100 e. The highest BCUT2D eigenvalue weighted by Gasteiger charge is 2.26. The van der Waals surface area contributed by atoms with E-state index >= 15 is 0 Å². The molecule has 1 atom stereocenters. The molecule has 3 aromatic heterocycles. The number of thiophene rings is 1. The Hall–Kier alpha value is -2.21. The molecule has 4 nitrogen and oxygen atoms in total. The van der Waals surface area contributed by atoms with E-state index in [-0.39, 0.29) is 18.4 Å². The van der Waals surface area contributed by atoms with Crippen molar-refractivity contribution in [1.82, 2.24) is 20.1 Å². The van der Waals surface area contributed by atoms with Crippen LogP contribution in [-0.4, -0.2) is 21.3 Å². The summed E-state index contributed by atoms with van der Waals surface area (Å²) >= 11 is 1.78. The summed E-state index contributed by atoms with van der Waals surface area (Å²) in [6.45, 7) is 4.07. The molecule has 5 rings (SSSR count). The van der Waals surface area contributed by atoms with Gasteiger partial charge in [-0.3, -0.25) is 9.67 Å². The van der Waals surface area contributed by atoms with E-state index in [0.717, 1.165) is 18.8 Å². The number of halogens is 1. The Morgan fingerprint density at radius 2 is 1.96 bits per heavy atom. The van der Waals surface area contributed by atoms with E-state index in [4.69, 9.17) is 5.10 Å². The van der Waals surface area contributed by atoms with Crippen molar-refractivity contribution < 1.29 is 0 Å². The zero-order valence-corrected chi connectivity index (χ0v) is 16.0. The molecule has 1 aromatic carbocycles. The van der Waals surface area contributed by atoms with Gasteiger partial charge < -0.3 is 5.32 Å². The summed E-state index contributed by atoms with van der Waals surface area (Å²) in [7, 11) is 0. The van der Waals surface area contributed by atoms with E-state index < -0.39 is 0 Å². The van der Waals surface area contributed by atoms with Crippen molar-refractivity contribution >= 4 is 33.8 Å². The Kier molecular flexibility index (Phi) is 4.53. The van der Waals surface area contributed by atoms with Crippen molar-refractivity contribution in [2.45, 2.75) is 19.5 Å². The van der Waals surface area contributed by atoms with Crippen LogP contribution in [0.1, 0.15) is 18.7 Å². The highest BCUT2D eigenvalue weighted by Crippen LogP contribution is 2.39. The Labute approximate surface area is 162 Å². The zero-order chi connectivity index (χ0) is 16.8. The minimum absolute atomic E-state index is 0. The van der Waals surface area contributed by atoms with Crippen LogP contribution in [-0.2, 0) is 6.54 Å². The Morgan fingerprint density at radius 3 is 2.81 bits per heavy atom. The molecule has 0 saturated heterocycles. The van der Waals surface area contributed by atoms with Crippen molar-refractivity contribution in [2.24, 2.45) is 0 Å². The van der Waals surface area contributed by atoms with Crippen molar-refractivity contribution in [2.75, 3.05) is 6.54 Å². The molecule has 26 heavy (non-hydrogen) atoms. The molecular weight excluding hydrogens is 364 g/mol. The van der Waals surface area contributed by atoms with Gasteiger partial charge in [-0.1, -0.05) is 6.07 Å². The van der Waals surface area contributed by atoms with Crippen LogP contribution in [0.15, 0.2) is 54.2 Å². The first kappa shape index (κ1) is 17.2. The van der Waals surface area contributed by atoms with Gasteiger partial charge in [0, 0.05) is 40.8 Å². The van der Waals surface area contributed by atoms with Gasteiger partial charge in [0.25, 0.3) is 0 Å². The summed E-state index contributed by atoms with van der Waals surface area (Å²) < 4.78 is 3.48. The molecule has 0 radical (unpaired) electrons. The minimum atomic E-state index is 0. The molecule has 1 aliphatic heterocycles. The highest BCUT2D eigenvalue weighted by molar-refractivity contribution is 7.17. The van der Waals surface area contributed by atoms with Crippen LogP contribution in [0.2, 0.25) is 0 Å². The average molecular weight is 383 g/mol. The molecule has 0 amide bonds. The van der Waals surface area contributed by atoms with E-state index in [1.54, 1.807) is 11.3 Å². The lowest BCUT2D eigenvalue weighted by atomic mass is 9.96. The van der Waals surface area contributed by atoms with Gasteiger partial charge in [-0.2, -0.15) is 5.10 Å². The van der Waals surface area contributed by atoms with Crippen LogP contribution in [0.5, 0.6) is 0 Å². The minimum Gasteiger partial charge on any atom is -0.307 e. The zero-order valence-electron chi connectivity index (χ0n) is 14.3. The third kappa shape index (κ3) is 2.72. The Balaban J connectivity index is 0.00000168. The largest absolute Gasteiger partial charge is 0.307 e. The molecule has 0 fully saturated rings. The average Bonchev–Trinajstić information content (AvgIpc) is 3.26. The summed E-state index contributed by atoms with van der Waals surface area (Å²) in [6.07, 6.45) is 3.71. The van der Waals surface area contributed by atoms with Gasteiger partial charge in [-0.25, -0.2) is 0 Å². The SMILES string of the molecule is CC1NCCn2nc(-c3ccc4sccc4c3)c(-c3ccncc3)c21.Cl. The van der Waals surface area contributed by atoms with Crippen molar-refractivity contribution in [3.05, 3.63) is 59.9 Å². The summed E-state index contributed by atoms with van der Waals surface area (Å²) in [5.41, 5.74) is 5.89. The van der Waals surface area contributed by atoms with Crippen molar-refractivity contribution in [3.63, 3.8) is 0 Å². The molecule has 0 saturated carbocycles. The summed E-state index contributed by atoms with van der Waals surface area (Å²) in [4.78, 5) is 4.18. The van der Waals surface area contributed by atoms with Gasteiger partial charge in [0.1, 0.15) is 5.69 Å². The maximum Gasteiger partial charge on any atom is 0.100 e. The Morgan fingerprint density at radius 1 is 1.12 bits per heavy atom. The number of rotatable bonds is 2. The van der Waals surface area contributed by atoms with E-state index in [2.05, 4.69) is 63.7 Å². The standard InChI is InChI=1S/C20H18N4S.ClH/c1-13-20-18(14-4-7-21-8-5-14)19(23-24(20)10-9-22-13)16-2-3-17-15(12-16)6-11-25-17;/h2-8,11-13,22H,9-10H2,1H3;1H. The topological polar surface area (TPSA) is 42.7 Å². The van der Waals surface area contributed by atoms with Gasteiger partial charge in [-0.05, 0) is 53.6 Å². The Bertz CT molecular complexity index is 1050. The van der Waals surface area contributed by atoms with Crippen LogP contribution in [0.3, 0.4) is 0 Å². The maximum absolute atomic E-state index is 5.00. The number of benzene rings is 1. The van der Waals surface area contributed by atoms with E-state index in [1.165, 1.54) is 32.5 Å². The molecular formula is C20H19ClN4S. The number of hydrogen-bond acceptors (Lipinski definition) is 4. The van der Waals surface area contributed by atoms with Crippen LogP contribution in [0.25, 0.3) is 32.5 Å².